The molecule has 2 amide bonds. The van der Waals surface area contributed by atoms with Gasteiger partial charge in [0.05, 0.1) is 18.3 Å². The minimum absolute atomic E-state index is 0.103. The number of fused-ring (bicyclic) bond motifs is 1. The number of methoxy groups -OCH3 is 1. The lowest BCUT2D eigenvalue weighted by atomic mass is 10.1. The van der Waals surface area contributed by atoms with Crippen LogP contribution >= 0.6 is 0 Å². The second-order valence-corrected chi connectivity index (χ2v) is 8.43. The number of amides is 2. The number of H-pyrrole nitrogens is 1. The first-order valence-corrected chi connectivity index (χ1v) is 11.4. The molecule has 10 nitrogen and oxygen atoms in total. The highest BCUT2D eigenvalue weighted by Crippen LogP contribution is 2.24. The van der Waals surface area contributed by atoms with E-state index in [1.54, 1.807) is 36.3 Å². The van der Waals surface area contributed by atoms with Gasteiger partial charge in [0, 0.05) is 24.3 Å². The Hall–Kier alpha value is -4.34. The summed E-state index contributed by atoms with van der Waals surface area (Å²) in [7, 11) is 1.59. The number of carbonyl (C=O) groups is 2. The maximum Gasteiger partial charge on any atom is 0.420 e. The number of nitrogens with one attached hydrogen (secondary N) is 2. The van der Waals surface area contributed by atoms with Crippen molar-refractivity contribution in [1.29, 1.82) is 0 Å². The molecular formula is C25H25N5O5. The molecule has 0 bridgehead atoms. The molecule has 5 rings (SSSR count). The number of ether oxygens (including phenoxy) is 1. The molecule has 0 saturated carbocycles. The van der Waals surface area contributed by atoms with Crippen LogP contribution in [0.2, 0.25) is 0 Å². The van der Waals surface area contributed by atoms with Gasteiger partial charge < -0.3 is 19.4 Å². The van der Waals surface area contributed by atoms with E-state index in [0.29, 0.717) is 41.3 Å². The molecule has 3 heterocycles. The predicted molar refractivity (Wildman–Crippen MR) is 129 cm³/mol. The minimum atomic E-state index is -0.606. The lowest BCUT2D eigenvalue weighted by molar-refractivity contribution is -0.132. The van der Waals surface area contributed by atoms with Crippen LogP contribution in [0.4, 0.5) is 5.69 Å². The summed E-state index contributed by atoms with van der Waals surface area (Å²) in [6.07, 6.45) is 3.05. The first-order valence-electron chi connectivity index (χ1n) is 11.4. The summed E-state index contributed by atoms with van der Waals surface area (Å²) in [6, 6.07) is 13.9. The van der Waals surface area contributed by atoms with Gasteiger partial charge in [0.15, 0.2) is 5.58 Å². The molecule has 4 aromatic rings. The van der Waals surface area contributed by atoms with E-state index < -0.39 is 11.7 Å². The first kappa shape index (κ1) is 22.5. The Morgan fingerprint density at radius 2 is 1.94 bits per heavy atom. The van der Waals surface area contributed by atoms with E-state index in [1.807, 2.05) is 24.3 Å². The first-order chi connectivity index (χ1) is 17.0. The highest BCUT2D eigenvalue weighted by Gasteiger charge is 2.20. The number of rotatable bonds is 6. The fourth-order valence-electron chi connectivity index (χ4n) is 4.23. The van der Waals surface area contributed by atoms with Crippen LogP contribution in [0.25, 0.3) is 22.4 Å². The summed E-state index contributed by atoms with van der Waals surface area (Å²) in [4.78, 5) is 39.7. The van der Waals surface area contributed by atoms with E-state index in [4.69, 9.17) is 9.15 Å². The van der Waals surface area contributed by atoms with Crippen LogP contribution in [0.1, 0.15) is 29.8 Å². The molecule has 35 heavy (non-hydrogen) atoms. The number of likely N-dealkylation sites (tertiary alicyclic amines) is 1. The van der Waals surface area contributed by atoms with Crippen molar-refractivity contribution < 1.29 is 18.7 Å². The molecule has 180 valence electrons. The van der Waals surface area contributed by atoms with Crippen LogP contribution in [-0.2, 0) is 11.3 Å². The Bertz CT molecular complexity index is 1440. The largest absolute Gasteiger partial charge is 0.497 e. The summed E-state index contributed by atoms with van der Waals surface area (Å²) in [5.74, 6) is -0.431. The molecule has 0 unspecified atom stereocenters. The Morgan fingerprint density at radius 1 is 1.11 bits per heavy atom. The summed E-state index contributed by atoms with van der Waals surface area (Å²) >= 11 is 0. The zero-order chi connectivity index (χ0) is 24.4. The number of piperidine rings is 1. The second kappa shape index (κ2) is 9.49. The molecule has 0 aliphatic carbocycles. The number of oxazole rings is 1. The third-order valence-corrected chi connectivity index (χ3v) is 6.12. The van der Waals surface area contributed by atoms with Crippen molar-refractivity contribution >= 4 is 28.6 Å². The Balaban J connectivity index is 1.34. The average Bonchev–Trinajstić information content (AvgIpc) is 3.50. The molecule has 0 spiro atoms. The molecule has 1 aliphatic heterocycles. The van der Waals surface area contributed by atoms with E-state index in [9.17, 15) is 14.4 Å². The van der Waals surface area contributed by atoms with Gasteiger partial charge in [-0.2, -0.15) is 5.10 Å². The quantitative estimate of drug-likeness (QED) is 0.441. The highest BCUT2D eigenvalue weighted by molar-refractivity contribution is 6.04. The van der Waals surface area contributed by atoms with Gasteiger partial charge in [-0.1, -0.05) is 12.1 Å². The summed E-state index contributed by atoms with van der Waals surface area (Å²) in [6.45, 7) is 1.30. The lowest BCUT2D eigenvalue weighted by Gasteiger charge is -2.26. The maximum atomic E-state index is 12.8. The fraction of sp³-hybridized carbons (Fsp3) is 0.280. The third-order valence-electron chi connectivity index (χ3n) is 6.12. The van der Waals surface area contributed by atoms with Crippen molar-refractivity contribution in [2.24, 2.45) is 0 Å². The van der Waals surface area contributed by atoms with Crippen LogP contribution in [0.15, 0.2) is 57.7 Å². The zero-order valence-corrected chi connectivity index (χ0v) is 19.2. The smallest absolute Gasteiger partial charge is 0.420 e. The van der Waals surface area contributed by atoms with Crippen molar-refractivity contribution in [3.8, 4) is 17.0 Å². The van der Waals surface area contributed by atoms with Crippen molar-refractivity contribution in [3.05, 3.63) is 64.8 Å². The molecule has 1 aliphatic rings. The zero-order valence-electron chi connectivity index (χ0n) is 19.2. The number of hydrogen-bond donors (Lipinski definition) is 2. The molecule has 0 radical (unpaired) electrons. The SMILES string of the molecule is COc1cccc(-c2cc(C(=O)Nc3ccc4oc(=O)n(CC(=O)N5CCCCC5)c4c3)[nH]n2)c1. The predicted octanol–water partition coefficient (Wildman–Crippen LogP) is 3.26. The van der Waals surface area contributed by atoms with E-state index >= 15 is 0 Å². The molecule has 10 heteroatoms. The number of nitrogens with zero attached hydrogens (tertiary/aromatic N) is 3. The average molecular weight is 476 g/mol. The minimum Gasteiger partial charge on any atom is -0.497 e. The van der Waals surface area contributed by atoms with Gasteiger partial charge in [0.1, 0.15) is 18.0 Å². The topological polar surface area (TPSA) is 122 Å². The molecule has 1 saturated heterocycles. The van der Waals surface area contributed by atoms with Gasteiger partial charge in [-0.3, -0.25) is 19.3 Å². The number of benzene rings is 2. The van der Waals surface area contributed by atoms with Gasteiger partial charge in [-0.05, 0) is 55.7 Å². The van der Waals surface area contributed by atoms with Crippen molar-refractivity contribution in [2.75, 3.05) is 25.5 Å². The van der Waals surface area contributed by atoms with Gasteiger partial charge >= 0.3 is 5.76 Å². The molecule has 2 aromatic heterocycles. The monoisotopic (exact) mass is 475 g/mol. The van der Waals surface area contributed by atoms with E-state index in [0.717, 1.165) is 24.8 Å². The second-order valence-electron chi connectivity index (χ2n) is 8.43. The molecular weight excluding hydrogens is 450 g/mol. The van der Waals surface area contributed by atoms with Crippen LogP contribution in [0.3, 0.4) is 0 Å². The number of carbonyl (C=O) groups excluding carboxylic acids is 2. The number of aromatic nitrogens is 3. The van der Waals surface area contributed by atoms with Gasteiger partial charge in [0.25, 0.3) is 5.91 Å². The van der Waals surface area contributed by atoms with Gasteiger partial charge in [-0.25, -0.2) is 4.79 Å². The Morgan fingerprint density at radius 3 is 2.74 bits per heavy atom. The number of aromatic amines is 1. The van der Waals surface area contributed by atoms with Crippen LogP contribution < -0.4 is 15.8 Å². The normalized spacial score (nSPS) is 13.7. The van der Waals surface area contributed by atoms with Crippen molar-refractivity contribution in [2.45, 2.75) is 25.8 Å². The van der Waals surface area contributed by atoms with Crippen LogP contribution in [0, 0.1) is 0 Å². The maximum absolute atomic E-state index is 12.8. The molecule has 2 N–H and O–H groups in total. The molecule has 1 fully saturated rings. The van der Waals surface area contributed by atoms with Crippen molar-refractivity contribution in [1.82, 2.24) is 19.7 Å². The van der Waals surface area contributed by atoms with E-state index in [1.165, 1.54) is 4.57 Å². The Labute approximate surface area is 200 Å². The number of hydrogen-bond acceptors (Lipinski definition) is 6. The summed E-state index contributed by atoms with van der Waals surface area (Å²) in [5, 5.41) is 9.78. The fourth-order valence-corrected chi connectivity index (χ4v) is 4.23. The van der Waals surface area contributed by atoms with Crippen LogP contribution in [-0.4, -0.2) is 51.7 Å². The summed E-state index contributed by atoms with van der Waals surface area (Å²) in [5.41, 5.74) is 2.93. The third kappa shape index (κ3) is 4.68. The van der Waals surface area contributed by atoms with Crippen LogP contribution in [0.5, 0.6) is 5.75 Å². The van der Waals surface area contributed by atoms with Gasteiger partial charge in [0.2, 0.25) is 5.91 Å². The Kier molecular flexibility index (Phi) is 6.09. The highest BCUT2D eigenvalue weighted by atomic mass is 16.5. The van der Waals surface area contributed by atoms with E-state index in [-0.39, 0.29) is 18.1 Å². The van der Waals surface area contributed by atoms with E-state index in [2.05, 4.69) is 15.5 Å². The molecule has 0 atom stereocenters. The number of anilines is 1. The summed E-state index contributed by atoms with van der Waals surface area (Å²) < 4.78 is 11.8. The lowest BCUT2D eigenvalue weighted by Crippen LogP contribution is -2.39. The van der Waals surface area contributed by atoms with Crippen molar-refractivity contribution in [3.63, 3.8) is 0 Å². The standard InChI is InChI=1S/C25H25N5O5/c1-34-18-7-5-6-16(12-18)19-14-20(28-27-19)24(32)26-17-8-9-22-21(13-17)30(25(33)35-22)15-23(31)29-10-3-2-4-11-29/h5-9,12-14H,2-4,10-11,15H2,1H3,(H,26,32)(H,27,28). The molecule has 2 aromatic carbocycles. The van der Waals surface area contributed by atoms with Gasteiger partial charge in [-0.15, -0.1) is 0 Å².